The van der Waals surface area contributed by atoms with E-state index in [9.17, 15) is 4.39 Å². The summed E-state index contributed by atoms with van der Waals surface area (Å²) in [5.41, 5.74) is 5.42. The molecular weight excluding hydrogens is 313 g/mol. The maximum Gasteiger partial charge on any atom is 0.245 e. The van der Waals surface area contributed by atoms with E-state index in [-0.39, 0.29) is 17.1 Å². The Balaban J connectivity index is 1.95. The molecule has 9 heteroatoms. The summed E-state index contributed by atoms with van der Waals surface area (Å²) < 4.78 is 17.8. The van der Waals surface area contributed by atoms with Crippen LogP contribution in [-0.2, 0) is 0 Å². The summed E-state index contributed by atoms with van der Waals surface area (Å²) in [5.74, 6) is 5.53. The maximum atomic E-state index is 13.2. The fraction of sp³-hybridized carbons (Fsp3) is 0. The number of pyridine rings is 1. The van der Waals surface area contributed by atoms with Crippen molar-refractivity contribution in [1.29, 1.82) is 0 Å². The first-order valence-electron chi connectivity index (χ1n) is 6.94. The highest BCUT2D eigenvalue weighted by Gasteiger charge is 2.17. The Bertz CT molecular complexity index is 1020. The number of nitrogen functional groups attached to an aromatic ring is 1. The van der Waals surface area contributed by atoms with Gasteiger partial charge < -0.3 is 5.43 Å². The van der Waals surface area contributed by atoms with Crippen LogP contribution in [0.4, 0.5) is 10.2 Å². The normalized spacial score (nSPS) is 10.9. The van der Waals surface area contributed by atoms with Crippen LogP contribution in [0, 0.1) is 5.82 Å². The van der Waals surface area contributed by atoms with Crippen LogP contribution in [0.5, 0.6) is 0 Å². The Morgan fingerprint density at radius 3 is 2.46 bits per heavy atom. The van der Waals surface area contributed by atoms with Crippen LogP contribution < -0.4 is 11.3 Å². The van der Waals surface area contributed by atoms with E-state index in [4.69, 9.17) is 5.84 Å². The van der Waals surface area contributed by atoms with Crippen molar-refractivity contribution < 1.29 is 9.02 Å². The smallest absolute Gasteiger partial charge is 0.245 e. The molecule has 3 aromatic heterocycles. The number of fused-ring (bicyclic) bond motifs is 1. The standard InChI is InChI=1S/C15H10FN7O/c16-9-5-3-8(4-6-9)11-10(2-1-7-18-11)12-13(21-17)20-15-14(19-12)22-24-23-15/h1-7H,17H2,(H,20,21,23). The number of hydrazine groups is 1. The quantitative estimate of drug-likeness (QED) is 0.435. The first kappa shape index (κ1) is 14.2. The zero-order valence-electron chi connectivity index (χ0n) is 12.1. The molecule has 0 aliphatic heterocycles. The highest BCUT2D eigenvalue weighted by atomic mass is 19.1. The summed E-state index contributed by atoms with van der Waals surface area (Å²) in [6, 6.07) is 9.59. The number of halogens is 1. The number of hydrogen-bond acceptors (Lipinski definition) is 8. The molecule has 0 amide bonds. The third-order valence-electron chi connectivity index (χ3n) is 3.43. The van der Waals surface area contributed by atoms with Gasteiger partial charge in [0.25, 0.3) is 0 Å². The SMILES string of the molecule is NNc1nc2nonc2nc1-c1cccnc1-c1ccc(F)cc1. The van der Waals surface area contributed by atoms with E-state index in [0.717, 1.165) is 5.56 Å². The van der Waals surface area contributed by atoms with Crippen LogP contribution in [0.1, 0.15) is 0 Å². The molecule has 0 unspecified atom stereocenters. The van der Waals surface area contributed by atoms with Crippen LogP contribution >= 0.6 is 0 Å². The molecule has 4 rings (SSSR count). The zero-order chi connectivity index (χ0) is 16.5. The van der Waals surface area contributed by atoms with Gasteiger partial charge in [0.15, 0.2) is 5.82 Å². The van der Waals surface area contributed by atoms with Gasteiger partial charge in [-0.25, -0.2) is 24.8 Å². The molecule has 0 spiro atoms. The number of aromatic nitrogens is 5. The Labute approximate surface area is 134 Å². The Hall–Kier alpha value is -3.46. The average Bonchev–Trinajstić information content (AvgIpc) is 3.08. The van der Waals surface area contributed by atoms with Gasteiger partial charge in [-0.05, 0) is 46.7 Å². The van der Waals surface area contributed by atoms with Gasteiger partial charge in [-0.1, -0.05) is 0 Å². The van der Waals surface area contributed by atoms with Gasteiger partial charge in [0, 0.05) is 17.3 Å². The van der Waals surface area contributed by atoms with E-state index in [0.29, 0.717) is 22.8 Å². The highest BCUT2D eigenvalue weighted by Crippen LogP contribution is 2.33. The summed E-state index contributed by atoms with van der Waals surface area (Å²) in [6.45, 7) is 0. The molecule has 0 saturated carbocycles. The Kier molecular flexibility index (Phi) is 3.32. The number of rotatable bonds is 3. The number of benzene rings is 1. The number of hydrogen-bond donors (Lipinski definition) is 2. The molecular formula is C15H10FN7O. The summed E-state index contributed by atoms with van der Waals surface area (Å²) in [5, 5.41) is 7.34. The van der Waals surface area contributed by atoms with Gasteiger partial charge in [0.1, 0.15) is 11.5 Å². The van der Waals surface area contributed by atoms with Crippen LogP contribution in [0.2, 0.25) is 0 Å². The Morgan fingerprint density at radius 2 is 1.71 bits per heavy atom. The van der Waals surface area contributed by atoms with Crippen LogP contribution in [0.3, 0.4) is 0 Å². The van der Waals surface area contributed by atoms with Crippen LogP contribution in [-0.4, -0.2) is 25.3 Å². The third-order valence-corrected chi connectivity index (χ3v) is 3.43. The van der Waals surface area contributed by atoms with Crippen molar-refractivity contribution in [2.45, 2.75) is 0 Å². The van der Waals surface area contributed by atoms with Gasteiger partial charge in [-0.2, -0.15) is 0 Å². The zero-order valence-corrected chi connectivity index (χ0v) is 12.1. The lowest BCUT2D eigenvalue weighted by Crippen LogP contribution is -2.11. The second kappa shape index (κ2) is 5.63. The van der Waals surface area contributed by atoms with Gasteiger partial charge in [0.2, 0.25) is 11.3 Å². The Morgan fingerprint density at radius 1 is 0.958 bits per heavy atom. The van der Waals surface area contributed by atoms with Crippen molar-refractivity contribution in [3.05, 3.63) is 48.4 Å². The van der Waals surface area contributed by atoms with E-state index in [1.807, 2.05) is 6.07 Å². The minimum absolute atomic E-state index is 0.235. The van der Waals surface area contributed by atoms with Crippen molar-refractivity contribution in [2.24, 2.45) is 5.84 Å². The second-order valence-corrected chi connectivity index (χ2v) is 4.88. The van der Waals surface area contributed by atoms with Crippen molar-refractivity contribution in [3.8, 4) is 22.5 Å². The molecule has 0 fully saturated rings. The first-order valence-corrected chi connectivity index (χ1v) is 6.94. The van der Waals surface area contributed by atoms with Gasteiger partial charge in [-0.15, -0.1) is 0 Å². The van der Waals surface area contributed by atoms with Crippen molar-refractivity contribution in [2.75, 3.05) is 5.43 Å². The van der Waals surface area contributed by atoms with Gasteiger partial charge in [-0.3, -0.25) is 4.98 Å². The summed E-state index contributed by atoms with van der Waals surface area (Å²) >= 11 is 0. The monoisotopic (exact) mass is 323 g/mol. The lowest BCUT2D eigenvalue weighted by Gasteiger charge is -2.11. The third kappa shape index (κ3) is 2.32. The molecule has 3 heterocycles. The predicted octanol–water partition coefficient (Wildman–Crippen LogP) is 2.17. The molecule has 1 aromatic carbocycles. The maximum absolute atomic E-state index is 13.2. The summed E-state index contributed by atoms with van der Waals surface area (Å²) in [4.78, 5) is 13.0. The molecule has 118 valence electrons. The lowest BCUT2D eigenvalue weighted by molar-refractivity contribution is 0.314. The predicted molar refractivity (Wildman–Crippen MR) is 83.8 cm³/mol. The van der Waals surface area contributed by atoms with Gasteiger partial charge in [0.05, 0.1) is 5.69 Å². The van der Waals surface area contributed by atoms with E-state index in [2.05, 4.69) is 35.3 Å². The molecule has 0 radical (unpaired) electrons. The molecule has 0 bridgehead atoms. The molecule has 0 aliphatic rings. The van der Waals surface area contributed by atoms with E-state index >= 15 is 0 Å². The molecule has 0 atom stereocenters. The molecule has 24 heavy (non-hydrogen) atoms. The van der Waals surface area contributed by atoms with Crippen LogP contribution in [0.25, 0.3) is 33.8 Å². The fourth-order valence-electron chi connectivity index (χ4n) is 2.36. The summed E-state index contributed by atoms with van der Waals surface area (Å²) in [7, 11) is 0. The molecule has 3 N–H and O–H groups in total. The molecule has 4 aromatic rings. The molecule has 0 saturated heterocycles. The van der Waals surface area contributed by atoms with Crippen molar-refractivity contribution in [3.63, 3.8) is 0 Å². The van der Waals surface area contributed by atoms with Gasteiger partial charge >= 0.3 is 0 Å². The number of nitrogens with two attached hydrogens (primary N) is 1. The molecule has 0 aliphatic carbocycles. The number of anilines is 1. The first-order chi connectivity index (χ1) is 11.8. The van der Waals surface area contributed by atoms with Crippen molar-refractivity contribution >= 4 is 17.1 Å². The highest BCUT2D eigenvalue weighted by molar-refractivity contribution is 5.86. The fourth-order valence-corrected chi connectivity index (χ4v) is 2.36. The van der Waals surface area contributed by atoms with E-state index in [1.165, 1.54) is 12.1 Å². The van der Waals surface area contributed by atoms with E-state index in [1.54, 1.807) is 24.4 Å². The topological polar surface area (TPSA) is 116 Å². The van der Waals surface area contributed by atoms with Crippen LogP contribution in [0.15, 0.2) is 47.2 Å². The lowest BCUT2D eigenvalue weighted by atomic mass is 10.0. The minimum atomic E-state index is -0.324. The number of nitrogens with zero attached hydrogens (tertiary/aromatic N) is 5. The van der Waals surface area contributed by atoms with Crippen molar-refractivity contribution in [1.82, 2.24) is 25.3 Å². The molecule has 8 nitrogen and oxygen atoms in total. The minimum Gasteiger partial charge on any atom is -0.307 e. The number of nitrogens with one attached hydrogen (secondary N) is 1. The average molecular weight is 323 g/mol. The van der Waals surface area contributed by atoms with E-state index < -0.39 is 0 Å². The summed E-state index contributed by atoms with van der Waals surface area (Å²) in [6.07, 6.45) is 1.64. The second-order valence-electron chi connectivity index (χ2n) is 4.88. The largest absolute Gasteiger partial charge is 0.307 e.